The molecule has 16 heavy (non-hydrogen) atoms. The van der Waals surface area contributed by atoms with Gasteiger partial charge < -0.3 is 10.5 Å². The third kappa shape index (κ3) is 2.41. The Hall–Kier alpha value is -0.540. The summed E-state index contributed by atoms with van der Waals surface area (Å²) in [6.45, 7) is 2.16. The van der Waals surface area contributed by atoms with Crippen LogP contribution in [0.1, 0.15) is 30.9 Å². The largest absolute Gasteiger partial charge is 0.495 e. The number of methoxy groups -OCH3 is 1. The highest BCUT2D eigenvalue weighted by atomic mass is 79.9. The minimum atomic E-state index is 0.0269. The molecule has 0 atom stereocenters. The average molecular weight is 284 g/mol. The summed E-state index contributed by atoms with van der Waals surface area (Å²) >= 11 is 3.56. The SMILES string of the molecule is CCc1cc(Br)c(OC)c(CC2(N)CC2)c1. The summed E-state index contributed by atoms with van der Waals surface area (Å²) in [5.41, 5.74) is 8.76. The lowest BCUT2D eigenvalue weighted by atomic mass is 10.0. The summed E-state index contributed by atoms with van der Waals surface area (Å²) in [6, 6.07) is 4.34. The van der Waals surface area contributed by atoms with Gasteiger partial charge in [-0.15, -0.1) is 0 Å². The Kier molecular flexibility index (Phi) is 3.27. The zero-order valence-electron chi connectivity index (χ0n) is 9.85. The number of benzene rings is 1. The van der Waals surface area contributed by atoms with E-state index < -0.39 is 0 Å². The Labute approximate surface area is 105 Å². The van der Waals surface area contributed by atoms with Crippen LogP contribution in [-0.2, 0) is 12.8 Å². The molecule has 1 fully saturated rings. The van der Waals surface area contributed by atoms with Crippen molar-refractivity contribution in [3.63, 3.8) is 0 Å². The molecule has 1 aliphatic rings. The molecule has 1 aromatic carbocycles. The second-order valence-corrected chi connectivity index (χ2v) is 5.52. The van der Waals surface area contributed by atoms with Crippen molar-refractivity contribution < 1.29 is 4.74 Å². The van der Waals surface area contributed by atoms with Crippen LogP contribution < -0.4 is 10.5 Å². The van der Waals surface area contributed by atoms with Crippen molar-refractivity contribution >= 4 is 15.9 Å². The van der Waals surface area contributed by atoms with Gasteiger partial charge in [0.1, 0.15) is 5.75 Å². The van der Waals surface area contributed by atoms with Gasteiger partial charge in [-0.3, -0.25) is 0 Å². The van der Waals surface area contributed by atoms with Crippen molar-refractivity contribution in [2.24, 2.45) is 5.73 Å². The van der Waals surface area contributed by atoms with E-state index in [4.69, 9.17) is 10.5 Å². The van der Waals surface area contributed by atoms with Crippen LogP contribution in [0, 0.1) is 0 Å². The smallest absolute Gasteiger partial charge is 0.136 e. The van der Waals surface area contributed by atoms with Gasteiger partial charge in [0.05, 0.1) is 11.6 Å². The molecule has 0 amide bonds. The minimum absolute atomic E-state index is 0.0269. The normalized spacial score (nSPS) is 17.2. The van der Waals surface area contributed by atoms with E-state index in [2.05, 4.69) is 35.0 Å². The van der Waals surface area contributed by atoms with E-state index in [1.165, 1.54) is 11.1 Å². The third-order valence-electron chi connectivity index (χ3n) is 3.23. The van der Waals surface area contributed by atoms with Gasteiger partial charge in [-0.1, -0.05) is 13.0 Å². The topological polar surface area (TPSA) is 35.2 Å². The van der Waals surface area contributed by atoms with E-state index >= 15 is 0 Å². The molecule has 2 rings (SSSR count). The van der Waals surface area contributed by atoms with Gasteiger partial charge in [0.25, 0.3) is 0 Å². The fourth-order valence-electron chi connectivity index (χ4n) is 1.99. The molecule has 0 aromatic heterocycles. The van der Waals surface area contributed by atoms with E-state index in [9.17, 15) is 0 Å². The summed E-state index contributed by atoms with van der Waals surface area (Å²) < 4.78 is 6.48. The summed E-state index contributed by atoms with van der Waals surface area (Å²) in [5, 5.41) is 0. The number of halogens is 1. The first-order valence-corrected chi connectivity index (χ1v) is 6.51. The number of ether oxygens (including phenoxy) is 1. The maximum Gasteiger partial charge on any atom is 0.136 e. The van der Waals surface area contributed by atoms with Crippen LogP contribution in [0.3, 0.4) is 0 Å². The van der Waals surface area contributed by atoms with Gasteiger partial charge in [0.2, 0.25) is 0 Å². The number of aryl methyl sites for hydroxylation is 1. The first-order valence-electron chi connectivity index (χ1n) is 5.72. The van der Waals surface area contributed by atoms with E-state index in [1.54, 1.807) is 7.11 Å². The Morgan fingerprint density at radius 3 is 2.62 bits per heavy atom. The van der Waals surface area contributed by atoms with E-state index in [-0.39, 0.29) is 5.54 Å². The molecule has 0 radical (unpaired) electrons. The monoisotopic (exact) mass is 283 g/mol. The highest BCUT2D eigenvalue weighted by Crippen LogP contribution is 2.40. The van der Waals surface area contributed by atoms with Gasteiger partial charge in [0.15, 0.2) is 0 Å². The Morgan fingerprint density at radius 2 is 2.12 bits per heavy atom. The van der Waals surface area contributed by atoms with E-state index in [0.29, 0.717) is 0 Å². The molecule has 0 heterocycles. The predicted molar refractivity (Wildman–Crippen MR) is 69.9 cm³/mol. The number of rotatable bonds is 4. The van der Waals surface area contributed by atoms with Crippen LogP contribution in [0.15, 0.2) is 16.6 Å². The maximum absolute atomic E-state index is 6.17. The van der Waals surface area contributed by atoms with Gasteiger partial charge in [-0.05, 0) is 58.8 Å². The molecular formula is C13H18BrNO. The van der Waals surface area contributed by atoms with Crippen LogP contribution in [0.25, 0.3) is 0 Å². The van der Waals surface area contributed by atoms with E-state index in [0.717, 1.165) is 35.9 Å². The number of nitrogens with two attached hydrogens (primary N) is 1. The Morgan fingerprint density at radius 1 is 1.44 bits per heavy atom. The first-order chi connectivity index (χ1) is 7.58. The van der Waals surface area contributed by atoms with E-state index in [1.807, 2.05) is 0 Å². The van der Waals surface area contributed by atoms with Crippen molar-refractivity contribution in [3.8, 4) is 5.75 Å². The number of hydrogen-bond donors (Lipinski definition) is 1. The highest BCUT2D eigenvalue weighted by molar-refractivity contribution is 9.10. The molecule has 2 nitrogen and oxygen atoms in total. The molecule has 0 spiro atoms. The Balaban J connectivity index is 2.35. The van der Waals surface area contributed by atoms with Crippen molar-refractivity contribution in [1.29, 1.82) is 0 Å². The summed E-state index contributed by atoms with van der Waals surface area (Å²) in [6.07, 6.45) is 4.21. The highest BCUT2D eigenvalue weighted by Gasteiger charge is 2.38. The zero-order chi connectivity index (χ0) is 11.8. The molecule has 2 N–H and O–H groups in total. The molecule has 0 unspecified atom stereocenters. The molecule has 1 saturated carbocycles. The maximum atomic E-state index is 6.17. The minimum Gasteiger partial charge on any atom is -0.495 e. The summed E-state index contributed by atoms with van der Waals surface area (Å²) in [4.78, 5) is 0. The molecule has 1 aromatic rings. The second-order valence-electron chi connectivity index (χ2n) is 4.66. The van der Waals surface area contributed by atoms with Crippen LogP contribution in [0.4, 0.5) is 0 Å². The first kappa shape index (κ1) is 11.9. The lowest BCUT2D eigenvalue weighted by Crippen LogP contribution is -2.24. The van der Waals surface area contributed by atoms with Crippen LogP contribution >= 0.6 is 15.9 Å². The quantitative estimate of drug-likeness (QED) is 0.922. The van der Waals surface area contributed by atoms with Crippen molar-refractivity contribution in [1.82, 2.24) is 0 Å². The fourth-order valence-corrected chi connectivity index (χ4v) is 2.70. The van der Waals surface area contributed by atoms with Crippen molar-refractivity contribution in [3.05, 3.63) is 27.7 Å². The zero-order valence-corrected chi connectivity index (χ0v) is 11.4. The molecule has 88 valence electrons. The summed E-state index contributed by atoms with van der Waals surface area (Å²) in [5.74, 6) is 0.939. The lowest BCUT2D eigenvalue weighted by molar-refractivity contribution is 0.404. The Bertz CT molecular complexity index is 399. The molecule has 0 bridgehead atoms. The van der Waals surface area contributed by atoms with Gasteiger partial charge in [0, 0.05) is 5.54 Å². The van der Waals surface area contributed by atoms with Crippen LogP contribution in [0.5, 0.6) is 5.75 Å². The van der Waals surface area contributed by atoms with Gasteiger partial charge in [-0.2, -0.15) is 0 Å². The van der Waals surface area contributed by atoms with Gasteiger partial charge >= 0.3 is 0 Å². The molecule has 0 aliphatic heterocycles. The van der Waals surface area contributed by atoms with Crippen molar-refractivity contribution in [2.45, 2.75) is 38.1 Å². The lowest BCUT2D eigenvalue weighted by Gasteiger charge is -2.15. The van der Waals surface area contributed by atoms with Crippen LogP contribution in [-0.4, -0.2) is 12.6 Å². The van der Waals surface area contributed by atoms with Crippen LogP contribution in [0.2, 0.25) is 0 Å². The second kappa shape index (κ2) is 4.38. The van der Waals surface area contributed by atoms with Gasteiger partial charge in [-0.25, -0.2) is 0 Å². The predicted octanol–water partition coefficient (Wildman–Crippen LogP) is 3.05. The molecule has 3 heteroatoms. The number of hydrogen-bond acceptors (Lipinski definition) is 2. The molecule has 1 aliphatic carbocycles. The third-order valence-corrected chi connectivity index (χ3v) is 3.82. The van der Waals surface area contributed by atoms with Crippen molar-refractivity contribution in [2.75, 3.05) is 7.11 Å². The standard InChI is InChI=1S/C13H18BrNO/c1-3-9-6-10(8-13(15)4-5-13)12(16-2)11(14)7-9/h6-7H,3-5,8,15H2,1-2H3. The average Bonchev–Trinajstić information content (AvgIpc) is 2.95. The molecular weight excluding hydrogens is 266 g/mol. The summed E-state index contributed by atoms with van der Waals surface area (Å²) in [7, 11) is 1.71. The molecule has 0 saturated heterocycles. The fraction of sp³-hybridized carbons (Fsp3) is 0.538.